The quantitative estimate of drug-likeness (QED) is 0.539. The number of thiophene rings is 1. The number of aromatic nitrogens is 1. The maximum Gasteiger partial charge on any atom is 0.240 e. The predicted molar refractivity (Wildman–Crippen MR) is 128 cm³/mol. The molecular weight excluding hydrogens is 438 g/mol. The second-order valence-electron chi connectivity index (χ2n) is 7.40. The van der Waals surface area contributed by atoms with Crippen LogP contribution in [0.4, 0.5) is 11.5 Å². The van der Waals surface area contributed by atoms with Crippen LogP contribution < -0.4 is 10.6 Å². The highest BCUT2D eigenvalue weighted by molar-refractivity contribution is 8.00. The number of anilines is 2. The molecule has 1 aliphatic rings. The second-order valence-corrected chi connectivity index (χ2v) is 9.37. The van der Waals surface area contributed by atoms with E-state index in [0.717, 1.165) is 24.1 Å². The van der Waals surface area contributed by atoms with Crippen LogP contribution in [0.15, 0.2) is 46.1 Å². The molecule has 4 rings (SSSR count). The van der Waals surface area contributed by atoms with Gasteiger partial charge in [0.25, 0.3) is 0 Å². The monoisotopic (exact) mass is 459 g/mol. The van der Waals surface area contributed by atoms with E-state index in [9.17, 15) is 15.3 Å². The van der Waals surface area contributed by atoms with E-state index in [0.29, 0.717) is 23.6 Å². The van der Waals surface area contributed by atoms with Crippen molar-refractivity contribution >= 4 is 40.5 Å². The number of aryl methyl sites for hydroxylation is 1. The van der Waals surface area contributed by atoms with Crippen LogP contribution in [0.2, 0.25) is 0 Å². The van der Waals surface area contributed by atoms with Crippen molar-refractivity contribution in [2.45, 2.75) is 36.5 Å². The number of carbonyl (C=O) groups excluding carboxylic acids is 1. The van der Waals surface area contributed by atoms with Crippen LogP contribution in [-0.2, 0) is 11.2 Å². The Morgan fingerprint density at radius 2 is 2.06 bits per heavy atom. The minimum atomic E-state index is -0.427. The van der Waals surface area contributed by atoms with Crippen molar-refractivity contribution in [1.82, 2.24) is 4.98 Å². The van der Waals surface area contributed by atoms with Crippen LogP contribution >= 0.6 is 23.1 Å². The number of amides is 1. The molecule has 3 heterocycles. The van der Waals surface area contributed by atoms with Crippen molar-refractivity contribution in [3.63, 3.8) is 0 Å². The van der Waals surface area contributed by atoms with E-state index in [1.165, 1.54) is 28.7 Å². The summed E-state index contributed by atoms with van der Waals surface area (Å²) in [6.07, 6.45) is 2.44. The molecule has 2 aromatic heterocycles. The lowest BCUT2D eigenvalue weighted by Gasteiger charge is -2.32. The molecular formula is C24H21N5OS2. The van der Waals surface area contributed by atoms with Crippen molar-refractivity contribution in [3.8, 4) is 23.3 Å². The number of nitrogens with two attached hydrogens (primary N) is 1. The van der Waals surface area contributed by atoms with Gasteiger partial charge in [-0.2, -0.15) is 21.9 Å². The Morgan fingerprint density at radius 1 is 1.28 bits per heavy atom. The Bertz CT molecular complexity index is 1240. The number of nitriles is 2. The number of nitrogens with zero attached hydrogens (tertiary/aromatic N) is 4. The van der Waals surface area contributed by atoms with Gasteiger partial charge >= 0.3 is 0 Å². The van der Waals surface area contributed by atoms with Gasteiger partial charge in [0.2, 0.25) is 5.91 Å². The molecule has 2 N–H and O–H groups in total. The summed E-state index contributed by atoms with van der Waals surface area (Å²) in [6, 6.07) is 14.1. The smallest absolute Gasteiger partial charge is 0.240 e. The maximum atomic E-state index is 13.5. The molecule has 160 valence electrons. The molecule has 0 saturated heterocycles. The minimum Gasteiger partial charge on any atom is -0.383 e. The topological polar surface area (TPSA) is 107 Å². The molecule has 1 unspecified atom stereocenters. The largest absolute Gasteiger partial charge is 0.383 e. The summed E-state index contributed by atoms with van der Waals surface area (Å²) in [6.45, 7) is 2.62. The highest BCUT2D eigenvalue weighted by atomic mass is 32.2. The number of benzene rings is 1. The fourth-order valence-electron chi connectivity index (χ4n) is 3.96. The zero-order chi connectivity index (χ0) is 22.7. The zero-order valence-electron chi connectivity index (χ0n) is 17.5. The fourth-order valence-corrected chi connectivity index (χ4v) is 5.69. The third kappa shape index (κ3) is 3.95. The lowest BCUT2D eigenvalue weighted by atomic mass is 9.99. The van der Waals surface area contributed by atoms with E-state index >= 15 is 0 Å². The van der Waals surface area contributed by atoms with Crippen LogP contribution in [0.3, 0.4) is 0 Å². The van der Waals surface area contributed by atoms with Gasteiger partial charge in [0.15, 0.2) is 0 Å². The molecule has 0 spiro atoms. The first-order valence-corrected chi connectivity index (χ1v) is 12.1. The van der Waals surface area contributed by atoms with Crippen molar-refractivity contribution in [2.24, 2.45) is 0 Å². The molecule has 3 aromatic rings. The molecule has 1 aliphatic heterocycles. The van der Waals surface area contributed by atoms with E-state index in [1.54, 1.807) is 0 Å². The van der Waals surface area contributed by atoms with Gasteiger partial charge in [0.05, 0.1) is 10.8 Å². The Balaban J connectivity index is 1.73. The SMILES string of the molecule is CCC(Sc1nc(N)c(C#N)c(-c2ccsc2)c1C#N)C(=O)N1CCCc2ccccc21. The summed E-state index contributed by atoms with van der Waals surface area (Å²) >= 11 is 2.72. The van der Waals surface area contributed by atoms with Crippen LogP contribution in [0, 0.1) is 22.7 Å². The molecule has 0 bridgehead atoms. The lowest BCUT2D eigenvalue weighted by Crippen LogP contribution is -2.41. The lowest BCUT2D eigenvalue weighted by molar-refractivity contribution is -0.118. The average molecular weight is 460 g/mol. The molecule has 0 fully saturated rings. The van der Waals surface area contributed by atoms with E-state index < -0.39 is 5.25 Å². The van der Waals surface area contributed by atoms with Gasteiger partial charge < -0.3 is 10.6 Å². The molecule has 0 saturated carbocycles. The number of fused-ring (bicyclic) bond motifs is 1. The highest BCUT2D eigenvalue weighted by Gasteiger charge is 2.30. The Hall–Kier alpha value is -3.33. The summed E-state index contributed by atoms with van der Waals surface area (Å²) < 4.78 is 0. The Labute approximate surface area is 195 Å². The van der Waals surface area contributed by atoms with Crippen molar-refractivity contribution in [1.29, 1.82) is 10.5 Å². The number of pyridine rings is 1. The van der Waals surface area contributed by atoms with Crippen LogP contribution in [0.5, 0.6) is 0 Å². The molecule has 8 heteroatoms. The number of hydrogen-bond acceptors (Lipinski definition) is 7. The van der Waals surface area contributed by atoms with Crippen LogP contribution in [-0.4, -0.2) is 22.7 Å². The van der Waals surface area contributed by atoms with E-state index in [4.69, 9.17) is 5.73 Å². The Kier molecular flexibility index (Phi) is 6.45. The van der Waals surface area contributed by atoms with Gasteiger partial charge in [-0.15, -0.1) is 0 Å². The molecule has 0 aliphatic carbocycles. The predicted octanol–water partition coefficient (Wildman–Crippen LogP) is 4.99. The number of carbonyl (C=O) groups is 1. The first-order chi connectivity index (χ1) is 15.6. The average Bonchev–Trinajstić information content (AvgIpc) is 3.36. The molecule has 0 radical (unpaired) electrons. The fraction of sp³-hybridized carbons (Fsp3) is 0.250. The van der Waals surface area contributed by atoms with Gasteiger partial charge in [0, 0.05) is 17.8 Å². The summed E-state index contributed by atoms with van der Waals surface area (Å²) in [5.74, 6) is 0.0659. The van der Waals surface area contributed by atoms with Crippen LogP contribution in [0.1, 0.15) is 36.5 Å². The second kappa shape index (κ2) is 9.44. The van der Waals surface area contributed by atoms with Gasteiger partial charge in [-0.05, 0) is 53.3 Å². The normalized spacial score (nSPS) is 13.7. The van der Waals surface area contributed by atoms with Gasteiger partial charge in [0.1, 0.15) is 28.5 Å². The van der Waals surface area contributed by atoms with Crippen molar-refractivity contribution in [2.75, 3.05) is 17.2 Å². The molecule has 1 aromatic carbocycles. The molecule has 6 nitrogen and oxygen atoms in total. The first kappa shape index (κ1) is 21.9. The number of para-hydroxylation sites is 1. The van der Waals surface area contributed by atoms with E-state index in [-0.39, 0.29) is 22.9 Å². The number of nitrogen functional groups attached to an aromatic ring is 1. The van der Waals surface area contributed by atoms with Gasteiger partial charge in [-0.3, -0.25) is 4.79 Å². The van der Waals surface area contributed by atoms with Crippen molar-refractivity contribution < 1.29 is 4.79 Å². The number of thioether (sulfide) groups is 1. The third-order valence-corrected chi connectivity index (χ3v) is 7.52. The van der Waals surface area contributed by atoms with Gasteiger partial charge in [-0.25, -0.2) is 4.98 Å². The first-order valence-electron chi connectivity index (χ1n) is 10.3. The zero-order valence-corrected chi connectivity index (χ0v) is 19.2. The van der Waals surface area contributed by atoms with Crippen LogP contribution in [0.25, 0.3) is 11.1 Å². The summed E-state index contributed by atoms with van der Waals surface area (Å²) in [7, 11) is 0. The van der Waals surface area contributed by atoms with E-state index in [1.807, 2.05) is 46.8 Å². The standard InChI is InChI=1S/C24H21N5OS2/c1-2-20(24(30)29-10-5-7-15-6-3-4-8-19(15)29)32-23-18(13-26)21(16-9-11-31-14-16)17(12-25)22(27)28-23/h3-4,6,8-9,11,14,20H,2,5,7,10H2,1H3,(H2,27,28). The highest BCUT2D eigenvalue weighted by Crippen LogP contribution is 2.39. The third-order valence-electron chi connectivity index (χ3n) is 5.50. The molecule has 1 atom stereocenters. The molecule has 32 heavy (non-hydrogen) atoms. The number of rotatable bonds is 5. The minimum absolute atomic E-state index is 0.00430. The Morgan fingerprint density at radius 3 is 2.75 bits per heavy atom. The van der Waals surface area contributed by atoms with E-state index in [2.05, 4.69) is 23.2 Å². The molecule has 1 amide bonds. The maximum absolute atomic E-state index is 13.5. The summed E-state index contributed by atoms with van der Waals surface area (Å²) in [4.78, 5) is 19.7. The van der Waals surface area contributed by atoms with Crippen molar-refractivity contribution in [3.05, 3.63) is 57.8 Å². The van der Waals surface area contributed by atoms with Gasteiger partial charge in [-0.1, -0.05) is 36.9 Å². The number of hydrogen-bond donors (Lipinski definition) is 1. The summed E-state index contributed by atoms with van der Waals surface area (Å²) in [5.41, 5.74) is 9.94. The summed E-state index contributed by atoms with van der Waals surface area (Å²) in [5, 5.41) is 23.3.